The lowest BCUT2D eigenvalue weighted by atomic mass is 9.83. The van der Waals surface area contributed by atoms with Crippen molar-refractivity contribution >= 4 is 28.6 Å². The van der Waals surface area contributed by atoms with E-state index in [-0.39, 0.29) is 36.5 Å². The second kappa shape index (κ2) is 32.8. The van der Waals surface area contributed by atoms with Gasteiger partial charge in [0.25, 0.3) is 0 Å². The molecule has 7 aliphatic heterocycles. The van der Waals surface area contributed by atoms with Crippen molar-refractivity contribution in [3.05, 3.63) is 0 Å². The molecule has 4 saturated carbocycles. The molecule has 0 aromatic heterocycles. The van der Waals surface area contributed by atoms with Crippen molar-refractivity contribution in [3.63, 3.8) is 0 Å². The molecular formula is C63H114O16Si2. The Morgan fingerprint density at radius 3 is 1.38 bits per heavy atom. The standard InChI is InChI=1S/C20H30O6.C20H38O3Si2.C12H22O3.C6H12O2.C5H12O2/c21-19(24-12-13-5-7-15-17(10-13)25-15)4-2-1-3-9-23-20(22)14-6-8-16-18(11-14)26-16;1-24(2,11-9-15-5-7-17-19(13-15)21-17)23-25(3,4)12-10-16-6-8-18-20(14-16)22-18;1-3-11(5-13-6-11)9-15-10-12(4-2)7-14-8-12;1-2-6(3-7)4-8-5-6;1-7-5-3-2-4-6/h13-18H,1-12H2;15-20H,5-14H2,1-4H3;3-10H2,1-2H3;7H,2-5H2,1H3;6H,2-5H2,1H3. The molecule has 0 aromatic rings. The molecule has 0 amide bonds. The summed E-state index contributed by atoms with van der Waals surface area (Å²) < 4.78 is 66.1. The average molecular weight is 1180 g/mol. The quantitative estimate of drug-likeness (QED) is 0.0310. The number of fused-ring (bicyclic) bond motifs is 4. The lowest BCUT2D eigenvalue weighted by Crippen LogP contribution is -2.49. The van der Waals surface area contributed by atoms with Gasteiger partial charge in [0.1, 0.15) is 0 Å². The minimum atomic E-state index is -1.53. The summed E-state index contributed by atoms with van der Waals surface area (Å²) in [5, 5.41) is 17.0. The van der Waals surface area contributed by atoms with Crippen LogP contribution in [0.1, 0.15) is 168 Å². The maximum atomic E-state index is 12.0. The number of esters is 2. The van der Waals surface area contributed by atoms with Gasteiger partial charge in [0, 0.05) is 43.0 Å². The van der Waals surface area contributed by atoms with Gasteiger partial charge in [0.15, 0.2) is 16.6 Å². The molecule has 2 N–H and O–H groups in total. The first-order chi connectivity index (χ1) is 39.0. The van der Waals surface area contributed by atoms with E-state index in [9.17, 15) is 9.59 Å². The Hall–Kier alpha value is -1.11. The smallest absolute Gasteiger partial charge is 0.309 e. The van der Waals surface area contributed by atoms with Gasteiger partial charge in [-0.25, -0.2) is 0 Å². The van der Waals surface area contributed by atoms with Crippen molar-refractivity contribution in [2.45, 2.75) is 256 Å². The van der Waals surface area contributed by atoms with Crippen molar-refractivity contribution in [2.24, 2.45) is 39.9 Å². The zero-order valence-electron chi connectivity index (χ0n) is 51.9. The molecule has 16 nitrogen and oxygen atoms in total. The molecule has 18 heteroatoms. The van der Waals surface area contributed by atoms with Gasteiger partial charge in [-0.1, -0.05) is 33.6 Å². The van der Waals surface area contributed by atoms with Gasteiger partial charge in [-0.3, -0.25) is 9.59 Å². The lowest BCUT2D eigenvalue weighted by Gasteiger charge is -2.44. The Morgan fingerprint density at radius 1 is 0.519 bits per heavy atom. The zero-order valence-corrected chi connectivity index (χ0v) is 53.9. The molecule has 7 saturated heterocycles. The molecule has 11 fully saturated rings. The first-order valence-electron chi connectivity index (χ1n) is 32.6. The van der Waals surface area contributed by atoms with Gasteiger partial charge in [-0.15, -0.1) is 0 Å². The number of rotatable bonds is 29. The molecule has 4 aliphatic carbocycles. The van der Waals surface area contributed by atoms with Gasteiger partial charge >= 0.3 is 11.9 Å². The number of carbonyl (C=O) groups is 2. The molecule has 11 aliphatic rings. The van der Waals surface area contributed by atoms with Crippen LogP contribution in [0.15, 0.2) is 0 Å². The van der Waals surface area contributed by atoms with E-state index in [1.165, 1.54) is 63.5 Å². The lowest BCUT2D eigenvalue weighted by molar-refractivity contribution is -0.187. The summed E-state index contributed by atoms with van der Waals surface area (Å²) in [7, 11) is -1.39. The molecule has 470 valence electrons. The summed E-state index contributed by atoms with van der Waals surface area (Å²) in [6.07, 6.45) is 29.0. The third-order valence-corrected chi connectivity index (χ3v) is 27.3. The molecule has 0 spiro atoms. The van der Waals surface area contributed by atoms with Gasteiger partial charge < -0.3 is 66.4 Å². The molecule has 12 atom stereocenters. The van der Waals surface area contributed by atoms with E-state index < -0.39 is 16.6 Å². The predicted octanol–water partition coefficient (Wildman–Crippen LogP) is 10.8. The van der Waals surface area contributed by atoms with Crippen molar-refractivity contribution in [2.75, 3.05) is 93.0 Å². The number of methoxy groups -OCH3 is 1. The number of aliphatic hydroxyl groups is 2. The van der Waals surface area contributed by atoms with Gasteiger partial charge in [0.05, 0.1) is 127 Å². The minimum absolute atomic E-state index is 0.0184. The summed E-state index contributed by atoms with van der Waals surface area (Å²) in [5.41, 5.74) is 0.777. The maximum absolute atomic E-state index is 12.0. The monoisotopic (exact) mass is 1180 g/mol. The van der Waals surface area contributed by atoms with E-state index in [1.54, 1.807) is 7.11 Å². The number of carbonyl (C=O) groups excluding carboxylic acids is 2. The van der Waals surface area contributed by atoms with Crippen molar-refractivity contribution in [1.82, 2.24) is 0 Å². The van der Waals surface area contributed by atoms with E-state index in [0.29, 0.717) is 85.2 Å². The van der Waals surface area contributed by atoms with Crippen LogP contribution in [0.4, 0.5) is 0 Å². The Morgan fingerprint density at radius 2 is 0.975 bits per heavy atom. The zero-order chi connectivity index (χ0) is 57.9. The number of hydrogen-bond acceptors (Lipinski definition) is 16. The first kappa shape index (κ1) is 67.4. The van der Waals surface area contributed by atoms with Gasteiger partial charge in [0.2, 0.25) is 0 Å². The number of unbranched alkanes of at least 4 members (excludes halogenated alkanes) is 3. The molecule has 0 radical (unpaired) electrons. The SMILES string of the molecule is CCC1(CO)COC1.CCC1(COCC2(CC)COC2)COC1.COCCCCO.C[Si](C)(CCC1CCC2OC2C1)O[Si](C)(C)CCC1CCC2OC2C1.O=C(CCCCCOC(=O)C1CCC2OC2C1)OCC1CCC2OC2C1. The molecule has 12 unspecified atom stereocenters. The van der Waals surface area contributed by atoms with E-state index >= 15 is 0 Å². The minimum Gasteiger partial charge on any atom is -0.465 e. The van der Waals surface area contributed by atoms with Crippen LogP contribution in [-0.2, 0) is 65.8 Å². The summed E-state index contributed by atoms with van der Waals surface area (Å²) in [5.74, 6) is 2.10. The van der Waals surface area contributed by atoms with Crippen LogP contribution in [0, 0.1) is 39.9 Å². The highest BCUT2D eigenvalue weighted by atomic mass is 28.4. The Labute approximate surface area is 491 Å². The van der Waals surface area contributed by atoms with Crippen molar-refractivity contribution in [1.29, 1.82) is 0 Å². The highest BCUT2D eigenvalue weighted by Gasteiger charge is 2.48. The third kappa shape index (κ3) is 22.8. The fourth-order valence-corrected chi connectivity index (χ4v) is 22.0. The normalized spacial score (nSPS) is 32.6. The van der Waals surface area contributed by atoms with Crippen LogP contribution < -0.4 is 0 Å². The van der Waals surface area contributed by atoms with Gasteiger partial charge in [-0.2, -0.15) is 0 Å². The Balaban J connectivity index is 0.000000159. The van der Waals surface area contributed by atoms with Crippen molar-refractivity contribution in [3.8, 4) is 0 Å². The summed E-state index contributed by atoms with van der Waals surface area (Å²) >= 11 is 0. The fraction of sp³-hybridized carbons (Fsp3) is 0.968. The van der Waals surface area contributed by atoms with E-state index in [0.717, 1.165) is 161 Å². The molecule has 81 heavy (non-hydrogen) atoms. The maximum Gasteiger partial charge on any atom is 0.309 e. The number of hydrogen-bond donors (Lipinski definition) is 2. The summed E-state index contributed by atoms with van der Waals surface area (Å²) in [6.45, 7) is 25.4. The van der Waals surface area contributed by atoms with Crippen LogP contribution in [0.3, 0.4) is 0 Å². The Kier molecular flexibility index (Phi) is 27.3. The second-order valence-corrected chi connectivity index (χ2v) is 36.7. The van der Waals surface area contributed by atoms with Crippen LogP contribution >= 0.6 is 0 Å². The van der Waals surface area contributed by atoms with E-state index in [1.807, 2.05) is 0 Å². The molecule has 0 aromatic carbocycles. The summed E-state index contributed by atoms with van der Waals surface area (Å²) in [6, 6.07) is 2.68. The highest BCUT2D eigenvalue weighted by Crippen LogP contribution is 2.45. The van der Waals surface area contributed by atoms with Crippen LogP contribution in [0.5, 0.6) is 0 Å². The number of aliphatic hydroxyl groups excluding tert-OH is 2. The summed E-state index contributed by atoms with van der Waals surface area (Å²) in [4.78, 5) is 23.8. The fourth-order valence-electron chi connectivity index (χ4n) is 13.0. The van der Waals surface area contributed by atoms with Crippen molar-refractivity contribution < 1.29 is 76.0 Å². The van der Waals surface area contributed by atoms with E-state index in [4.69, 9.17) is 66.4 Å². The molecule has 11 rings (SSSR count). The van der Waals surface area contributed by atoms with Crippen LogP contribution in [0.25, 0.3) is 0 Å². The average Bonchev–Trinajstić information content (AvgIpc) is 4.37. The van der Waals surface area contributed by atoms with Gasteiger partial charge in [-0.05, 0) is 184 Å². The van der Waals surface area contributed by atoms with Crippen LogP contribution in [-0.4, -0.2) is 181 Å². The number of ether oxygens (including phenoxy) is 11. The predicted molar refractivity (Wildman–Crippen MR) is 316 cm³/mol. The van der Waals surface area contributed by atoms with E-state index in [2.05, 4.69) is 47.0 Å². The third-order valence-electron chi connectivity index (χ3n) is 19.9. The largest absolute Gasteiger partial charge is 0.465 e. The Bertz CT molecular complexity index is 1740. The molecule has 7 heterocycles. The molecular weight excluding hydrogens is 1070 g/mol. The first-order valence-corrected chi connectivity index (χ1v) is 38.9. The second-order valence-electron chi connectivity index (χ2n) is 27.9. The number of epoxide rings is 4. The molecule has 0 bridgehead atoms. The topological polar surface area (TPSA) is 199 Å². The van der Waals surface area contributed by atoms with Crippen LogP contribution in [0.2, 0.25) is 38.3 Å². The highest BCUT2D eigenvalue weighted by molar-refractivity contribution is 6.84.